The van der Waals surface area contributed by atoms with Crippen LogP contribution in [0.5, 0.6) is 0 Å². The Kier molecular flexibility index (Phi) is 3.83. The van der Waals surface area contributed by atoms with Crippen LogP contribution in [0.3, 0.4) is 0 Å². The first kappa shape index (κ1) is 15.5. The fourth-order valence-electron chi connectivity index (χ4n) is 2.74. The van der Waals surface area contributed by atoms with Gasteiger partial charge in [0.2, 0.25) is 5.89 Å². The summed E-state index contributed by atoms with van der Waals surface area (Å²) < 4.78 is 10.8. The van der Waals surface area contributed by atoms with Crippen LogP contribution in [0.4, 0.5) is 4.79 Å². The summed E-state index contributed by atoms with van der Waals surface area (Å²) in [5, 5.41) is 0.443. The molecule has 0 aliphatic carbocycles. The second kappa shape index (κ2) is 5.68. The van der Waals surface area contributed by atoms with Crippen LogP contribution < -0.4 is 5.63 Å². The summed E-state index contributed by atoms with van der Waals surface area (Å²) in [7, 11) is 0. The van der Waals surface area contributed by atoms with E-state index in [1.54, 1.807) is 23.1 Å². The topological polar surface area (TPSA) is 72.6 Å². The minimum absolute atomic E-state index is 0.275. The normalized spacial score (nSPS) is 18.4. The van der Waals surface area contributed by atoms with Crippen LogP contribution in [0.25, 0.3) is 10.9 Å². The molecule has 1 aromatic carbocycles. The van der Waals surface area contributed by atoms with E-state index in [0.29, 0.717) is 23.9 Å². The molecule has 2 aromatic rings. The Morgan fingerprint density at radius 1 is 1.35 bits per heavy atom. The van der Waals surface area contributed by atoms with Crippen molar-refractivity contribution in [1.29, 1.82) is 0 Å². The number of likely N-dealkylation sites (tertiary alicyclic amines) is 1. The summed E-state index contributed by atoms with van der Waals surface area (Å²) in [5.74, 6) is 0.275. The van der Waals surface area contributed by atoms with Crippen molar-refractivity contribution in [2.24, 2.45) is 0 Å². The maximum absolute atomic E-state index is 12.3. The van der Waals surface area contributed by atoms with Crippen molar-refractivity contribution in [3.63, 3.8) is 0 Å². The molecular weight excluding hydrogens is 296 g/mol. The van der Waals surface area contributed by atoms with E-state index >= 15 is 0 Å². The Labute approximate surface area is 134 Å². The molecule has 1 aliphatic heterocycles. The van der Waals surface area contributed by atoms with Gasteiger partial charge in [0.15, 0.2) is 0 Å². The first-order valence-electron chi connectivity index (χ1n) is 7.74. The highest BCUT2D eigenvalue weighted by Gasteiger charge is 2.35. The fourth-order valence-corrected chi connectivity index (χ4v) is 2.74. The molecule has 6 nitrogen and oxygen atoms in total. The largest absolute Gasteiger partial charge is 0.444 e. The maximum atomic E-state index is 12.3. The van der Waals surface area contributed by atoms with Crippen LogP contribution in [0, 0.1) is 0 Å². The third kappa shape index (κ3) is 3.21. The molecule has 0 saturated carbocycles. The predicted octanol–water partition coefficient (Wildman–Crippen LogP) is 3.26. The average Bonchev–Trinajstić information content (AvgIpc) is 2.95. The molecule has 0 spiro atoms. The van der Waals surface area contributed by atoms with Gasteiger partial charge in [-0.05, 0) is 45.7 Å². The molecule has 122 valence electrons. The van der Waals surface area contributed by atoms with Crippen molar-refractivity contribution in [3.05, 3.63) is 40.6 Å². The Balaban J connectivity index is 1.94. The van der Waals surface area contributed by atoms with Gasteiger partial charge in [-0.2, -0.15) is 0 Å². The summed E-state index contributed by atoms with van der Waals surface area (Å²) in [6, 6.07) is 6.67. The number of aromatic nitrogens is 1. The molecule has 23 heavy (non-hydrogen) atoms. The third-order valence-electron chi connectivity index (χ3n) is 3.72. The zero-order chi connectivity index (χ0) is 16.6. The monoisotopic (exact) mass is 316 g/mol. The summed E-state index contributed by atoms with van der Waals surface area (Å²) in [5.41, 5.74) is -0.418. The van der Waals surface area contributed by atoms with Crippen molar-refractivity contribution in [1.82, 2.24) is 9.88 Å². The number of hydrogen-bond donors (Lipinski definition) is 0. The third-order valence-corrected chi connectivity index (χ3v) is 3.72. The second-order valence-electron chi connectivity index (χ2n) is 6.69. The molecule has 0 N–H and O–H groups in total. The molecule has 0 radical (unpaired) electrons. The van der Waals surface area contributed by atoms with Gasteiger partial charge in [-0.25, -0.2) is 14.6 Å². The van der Waals surface area contributed by atoms with Crippen LogP contribution in [-0.2, 0) is 4.74 Å². The number of ether oxygens (including phenoxy) is 1. The van der Waals surface area contributed by atoms with Gasteiger partial charge in [0.25, 0.3) is 0 Å². The summed E-state index contributed by atoms with van der Waals surface area (Å²) >= 11 is 0. The number of amides is 1. The van der Waals surface area contributed by atoms with E-state index in [9.17, 15) is 9.59 Å². The van der Waals surface area contributed by atoms with Crippen molar-refractivity contribution < 1.29 is 13.9 Å². The molecule has 6 heteroatoms. The fraction of sp³-hybridized carbons (Fsp3) is 0.471. The molecule has 2 heterocycles. The van der Waals surface area contributed by atoms with Gasteiger partial charge >= 0.3 is 11.7 Å². The highest BCUT2D eigenvalue weighted by Crippen LogP contribution is 2.32. The number of carbonyl (C=O) groups is 1. The summed E-state index contributed by atoms with van der Waals surface area (Å²) in [4.78, 5) is 30.5. The Bertz CT molecular complexity index is 791. The number of hydrogen-bond acceptors (Lipinski definition) is 5. The van der Waals surface area contributed by atoms with E-state index in [0.717, 1.165) is 6.42 Å². The molecule has 0 unspecified atom stereocenters. The van der Waals surface area contributed by atoms with Gasteiger partial charge < -0.3 is 9.15 Å². The van der Waals surface area contributed by atoms with Crippen LogP contribution in [0.1, 0.15) is 45.5 Å². The second-order valence-corrected chi connectivity index (χ2v) is 6.69. The first-order chi connectivity index (χ1) is 10.8. The lowest BCUT2D eigenvalue weighted by Crippen LogP contribution is -2.36. The predicted molar refractivity (Wildman–Crippen MR) is 85.2 cm³/mol. The Morgan fingerprint density at radius 2 is 2.09 bits per heavy atom. The first-order valence-corrected chi connectivity index (χ1v) is 7.74. The highest BCUT2D eigenvalue weighted by atomic mass is 16.6. The Hall–Kier alpha value is -2.37. The molecular formula is C17H20N2O4. The molecule has 1 amide bonds. The van der Waals surface area contributed by atoms with E-state index in [-0.39, 0.29) is 11.9 Å². The van der Waals surface area contributed by atoms with Crippen LogP contribution in [0.15, 0.2) is 33.5 Å². The highest BCUT2D eigenvalue weighted by molar-refractivity contribution is 5.76. The van der Waals surface area contributed by atoms with E-state index in [2.05, 4.69) is 4.98 Å². The minimum atomic E-state index is -0.568. The molecule has 1 saturated heterocycles. The van der Waals surface area contributed by atoms with Crippen molar-refractivity contribution in [2.45, 2.75) is 45.3 Å². The molecule has 3 rings (SSSR count). The Morgan fingerprint density at radius 3 is 2.83 bits per heavy atom. The van der Waals surface area contributed by atoms with Crippen LogP contribution in [-0.4, -0.2) is 28.1 Å². The van der Waals surface area contributed by atoms with Gasteiger partial charge in [0.05, 0.1) is 10.9 Å². The average molecular weight is 316 g/mol. The molecule has 1 fully saturated rings. The number of para-hydroxylation sites is 1. The maximum Gasteiger partial charge on any atom is 0.410 e. The van der Waals surface area contributed by atoms with E-state index in [1.807, 2.05) is 26.8 Å². The summed E-state index contributed by atoms with van der Waals surface area (Å²) in [6.07, 6.45) is 1.12. The van der Waals surface area contributed by atoms with Crippen LogP contribution in [0.2, 0.25) is 0 Å². The standard InChI is InChI=1S/C17H20N2O4/c1-17(2,3)23-16(21)19-10-6-9-13(19)14-18-12-8-5-4-7-11(12)15(20)22-14/h4-5,7-8,13H,6,9-10H2,1-3H3/t13-/m0/s1. The van der Waals surface area contributed by atoms with Gasteiger partial charge in [0.1, 0.15) is 11.6 Å². The lowest BCUT2D eigenvalue weighted by atomic mass is 10.2. The number of carbonyl (C=O) groups excluding carboxylic acids is 1. The number of fused-ring (bicyclic) bond motifs is 1. The van der Waals surface area contributed by atoms with Crippen LogP contribution >= 0.6 is 0 Å². The van der Waals surface area contributed by atoms with E-state index < -0.39 is 17.3 Å². The lowest BCUT2D eigenvalue weighted by molar-refractivity contribution is 0.0201. The number of nitrogens with zero attached hydrogens (tertiary/aromatic N) is 2. The number of rotatable bonds is 1. The van der Waals surface area contributed by atoms with E-state index in [1.165, 1.54) is 0 Å². The van der Waals surface area contributed by atoms with Gasteiger partial charge in [-0.1, -0.05) is 12.1 Å². The molecule has 1 aliphatic rings. The number of benzene rings is 1. The zero-order valence-corrected chi connectivity index (χ0v) is 13.5. The quantitative estimate of drug-likeness (QED) is 0.807. The van der Waals surface area contributed by atoms with Gasteiger partial charge in [0, 0.05) is 6.54 Å². The molecule has 1 aromatic heterocycles. The van der Waals surface area contributed by atoms with E-state index in [4.69, 9.17) is 9.15 Å². The SMILES string of the molecule is CC(C)(C)OC(=O)N1CCC[C@H]1c1nc2ccccc2c(=O)o1. The minimum Gasteiger partial charge on any atom is -0.444 e. The van der Waals surface area contributed by atoms with Crippen molar-refractivity contribution >= 4 is 17.0 Å². The van der Waals surface area contributed by atoms with Crippen molar-refractivity contribution in [3.8, 4) is 0 Å². The zero-order valence-electron chi connectivity index (χ0n) is 13.5. The molecule has 0 bridgehead atoms. The lowest BCUT2D eigenvalue weighted by Gasteiger charge is -2.27. The van der Waals surface area contributed by atoms with Gasteiger partial charge in [-0.15, -0.1) is 0 Å². The van der Waals surface area contributed by atoms with Crippen molar-refractivity contribution in [2.75, 3.05) is 6.54 Å². The van der Waals surface area contributed by atoms with Gasteiger partial charge in [-0.3, -0.25) is 4.90 Å². The summed E-state index contributed by atoms with van der Waals surface area (Å²) in [6.45, 7) is 6.04. The smallest absolute Gasteiger partial charge is 0.410 e. The molecule has 1 atom stereocenters.